The van der Waals surface area contributed by atoms with Crippen LogP contribution in [0.2, 0.25) is 0 Å². The van der Waals surface area contributed by atoms with Gasteiger partial charge in [0.05, 0.1) is 12.5 Å². The van der Waals surface area contributed by atoms with E-state index in [0.717, 1.165) is 5.56 Å². The predicted molar refractivity (Wildman–Crippen MR) is 132 cm³/mol. The molecule has 10 nitrogen and oxygen atoms in total. The van der Waals surface area contributed by atoms with Gasteiger partial charge in [-0.15, -0.1) is 0 Å². The Kier molecular flexibility index (Phi) is 9.59. The number of carbonyl (C=O) groups is 4. The number of rotatable bonds is 8. The molecule has 1 N–H and O–H groups in total. The van der Waals surface area contributed by atoms with Gasteiger partial charge >= 0.3 is 17.9 Å². The Morgan fingerprint density at radius 2 is 1.86 bits per heavy atom. The molecule has 4 atom stereocenters. The lowest BCUT2D eigenvalue weighted by molar-refractivity contribution is -0.176. The van der Waals surface area contributed by atoms with E-state index in [1.807, 2.05) is 30.3 Å². The van der Waals surface area contributed by atoms with Crippen LogP contribution < -0.4 is 10.1 Å². The summed E-state index contributed by atoms with van der Waals surface area (Å²) in [5.74, 6) is -3.67. The molecule has 1 saturated heterocycles. The zero-order valence-electron chi connectivity index (χ0n) is 21.3. The monoisotopic (exact) mass is 512 g/mol. The van der Waals surface area contributed by atoms with Gasteiger partial charge in [0.15, 0.2) is 12.1 Å². The number of amides is 1. The molecule has 1 aromatic heterocycles. The lowest BCUT2D eigenvalue weighted by atomic mass is 9.91. The van der Waals surface area contributed by atoms with Gasteiger partial charge in [-0.3, -0.25) is 19.4 Å². The molecule has 37 heavy (non-hydrogen) atoms. The Morgan fingerprint density at radius 3 is 2.54 bits per heavy atom. The van der Waals surface area contributed by atoms with Crippen LogP contribution in [0.3, 0.4) is 0 Å². The minimum atomic E-state index is -1.30. The number of pyridine rings is 1. The number of hydrogen-bond donors (Lipinski definition) is 1. The predicted octanol–water partition coefficient (Wildman–Crippen LogP) is 2.49. The molecule has 1 aliphatic rings. The van der Waals surface area contributed by atoms with Crippen LogP contribution in [-0.4, -0.2) is 60.3 Å². The number of nitrogens with one attached hydrogen (secondary N) is 1. The normalized spacial score (nSPS) is 22.1. The summed E-state index contributed by atoms with van der Waals surface area (Å²) in [6, 6.07) is 10.9. The Labute approximate surface area is 215 Å². The third-order valence-electron chi connectivity index (χ3n) is 5.74. The highest BCUT2D eigenvalue weighted by atomic mass is 16.6. The molecule has 0 radical (unpaired) electrons. The fraction of sp³-hybridized carbons (Fsp3) is 0.444. The Morgan fingerprint density at radius 1 is 1.14 bits per heavy atom. The van der Waals surface area contributed by atoms with E-state index in [1.54, 1.807) is 33.8 Å². The first-order valence-corrected chi connectivity index (χ1v) is 12.2. The van der Waals surface area contributed by atoms with E-state index >= 15 is 0 Å². The number of esters is 3. The largest absolute Gasteiger partial charge is 0.494 e. The summed E-state index contributed by atoms with van der Waals surface area (Å²) in [6.07, 6.45) is -0.479. The Bertz CT molecular complexity index is 1100. The molecule has 1 fully saturated rings. The van der Waals surface area contributed by atoms with Crippen LogP contribution in [0.4, 0.5) is 0 Å². The van der Waals surface area contributed by atoms with Crippen molar-refractivity contribution < 1.29 is 38.1 Å². The summed E-state index contributed by atoms with van der Waals surface area (Å²) in [5, 5.41) is 2.51. The molecule has 1 unspecified atom stereocenters. The van der Waals surface area contributed by atoms with E-state index in [4.69, 9.17) is 18.9 Å². The van der Waals surface area contributed by atoms with Gasteiger partial charge in [-0.05, 0) is 31.9 Å². The molecule has 0 aliphatic carbocycles. The molecule has 2 aromatic rings. The maximum absolute atomic E-state index is 13.2. The van der Waals surface area contributed by atoms with Crippen molar-refractivity contribution in [2.75, 3.05) is 13.2 Å². The number of nitrogens with zero attached hydrogens (tertiary/aromatic N) is 1. The summed E-state index contributed by atoms with van der Waals surface area (Å²) >= 11 is 0. The molecule has 1 amide bonds. The van der Waals surface area contributed by atoms with Crippen molar-refractivity contribution in [2.45, 2.75) is 52.4 Å². The first kappa shape index (κ1) is 27.6. The molecule has 198 valence electrons. The van der Waals surface area contributed by atoms with Crippen LogP contribution >= 0.6 is 0 Å². The second-order valence-corrected chi connectivity index (χ2v) is 8.96. The average Bonchev–Trinajstić information content (AvgIpc) is 2.91. The lowest BCUT2D eigenvalue weighted by Crippen LogP contribution is -2.47. The quantitative estimate of drug-likeness (QED) is 0.419. The van der Waals surface area contributed by atoms with E-state index in [9.17, 15) is 19.2 Å². The SMILES string of the molecule is CCOc1ccnc(C(=O)NC2COC(=O)[C@H](Cc3ccccc3)[C@@H](OC(=O)C(C)C)[C@H](C)OC2=O)c1. The van der Waals surface area contributed by atoms with Crippen LogP contribution in [0.15, 0.2) is 48.7 Å². The topological polar surface area (TPSA) is 130 Å². The van der Waals surface area contributed by atoms with Crippen LogP contribution in [0.5, 0.6) is 5.75 Å². The van der Waals surface area contributed by atoms with Crippen LogP contribution in [0, 0.1) is 11.8 Å². The van der Waals surface area contributed by atoms with Gasteiger partial charge in [0.1, 0.15) is 30.1 Å². The van der Waals surface area contributed by atoms with Crippen molar-refractivity contribution >= 4 is 23.8 Å². The van der Waals surface area contributed by atoms with Gasteiger partial charge in [0, 0.05) is 12.3 Å². The second kappa shape index (κ2) is 12.8. The smallest absolute Gasteiger partial charge is 0.332 e. The first-order chi connectivity index (χ1) is 17.7. The standard InChI is InChI=1S/C27H32N2O8/c1-5-34-19-11-12-28-21(14-19)24(30)29-22-15-35-26(32)20(13-18-9-7-6-8-10-18)23(17(4)36-27(22)33)37-25(31)16(2)3/h6-12,14,16-17,20,22-23H,5,13,15H2,1-4H3,(H,29,30)/t17-,20+,22?,23-/m0/s1. The van der Waals surface area contributed by atoms with E-state index in [1.165, 1.54) is 12.3 Å². The van der Waals surface area contributed by atoms with Crippen LogP contribution in [-0.2, 0) is 35.0 Å². The van der Waals surface area contributed by atoms with Crippen molar-refractivity contribution in [1.82, 2.24) is 10.3 Å². The van der Waals surface area contributed by atoms with Crippen molar-refractivity contribution in [1.29, 1.82) is 0 Å². The molecule has 2 heterocycles. The number of aromatic nitrogens is 1. The second-order valence-electron chi connectivity index (χ2n) is 8.96. The fourth-order valence-corrected chi connectivity index (χ4v) is 3.77. The summed E-state index contributed by atoms with van der Waals surface area (Å²) in [4.78, 5) is 55.5. The van der Waals surface area contributed by atoms with Gasteiger partial charge < -0.3 is 24.3 Å². The average molecular weight is 513 g/mol. The van der Waals surface area contributed by atoms with Gasteiger partial charge in [0.25, 0.3) is 5.91 Å². The van der Waals surface area contributed by atoms with Crippen LogP contribution in [0.1, 0.15) is 43.7 Å². The summed E-state index contributed by atoms with van der Waals surface area (Å²) in [6.45, 7) is 6.62. The summed E-state index contributed by atoms with van der Waals surface area (Å²) in [5.41, 5.74) is 0.835. The zero-order chi connectivity index (χ0) is 26.9. The van der Waals surface area contributed by atoms with Gasteiger partial charge in [0.2, 0.25) is 0 Å². The number of hydrogen-bond acceptors (Lipinski definition) is 9. The van der Waals surface area contributed by atoms with Gasteiger partial charge in [-0.2, -0.15) is 0 Å². The molecule has 10 heteroatoms. The first-order valence-electron chi connectivity index (χ1n) is 12.2. The highest BCUT2D eigenvalue weighted by Gasteiger charge is 2.42. The highest BCUT2D eigenvalue weighted by Crippen LogP contribution is 2.24. The van der Waals surface area contributed by atoms with E-state index in [-0.39, 0.29) is 12.1 Å². The minimum absolute atomic E-state index is 0.0173. The molecular weight excluding hydrogens is 480 g/mol. The fourth-order valence-electron chi connectivity index (χ4n) is 3.77. The number of cyclic esters (lactones) is 2. The number of ether oxygens (including phenoxy) is 4. The molecule has 0 bridgehead atoms. The van der Waals surface area contributed by atoms with E-state index in [0.29, 0.717) is 12.4 Å². The third-order valence-corrected chi connectivity index (χ3v) is 5.74. The lowest BCUT2D eigenvalue weighted by Gasteiger charge is -2.29. The Hall–Kier alpha value is -3.95. The molecule has 0 spiro atoms. The minimum Gasteiger partial charge on any atom is -0.494 e. The van der Waals surface area contributed by atoms with Crippen molar-refractivity contribution in [3.05, 3.63) is 59.9 Å². The van der Waals surface area contributed by atoms with Crippen molar-refractivity contribution in [3.63, 3.8) is 0 Å². The molecule has 1 aromatic carbocycles. The molecule has 0 saturated carbocycles. The number of carbonyl (C=O) groups excluding carboxylic acids is 4. The summed E-state index contributed by atoms with van der Waals surface area (Å²) < 4.78 is 22.1. The molecule has 1 aliphatic heterocycles. The van der Waals surface area contributed by atoms with Crippen molar-refractivity contribution in [3.8, 4) is 5.75 Å². The summed E-state index contributed by atoms with van der Waals surface area (Å²) in [7, 11) is 0. The highest BCUT2D eigenvalue weighted by molar-refractivity contribution is 5.95. The maximum Gasteiger partial charge on any atom is 0.332 e. The van der Waals surface area contributed by atoms with Crippen LogP contribution in [0.25, 0.3) is 0 Å². The molecule has 3 rings (SSSR count). The van der Waals surface area contributed by atoms with E-state index < -0.39 is 60.5 Å². The number of benzene rings is 1. The van der Waals surface area contributed by atoms with Crippen molar-refractivity contribution in [2.24, 2.45) is 11.8 Å². The van der Waals surface area contributed by atoms with E-state index in [2.05, 4.69) is 10.3 Å². The molecular formula is C27H32N2O8. The zero-order valence-corrected chi connectivity index (χ0v) is 21.3. The van der Waals surface area contributed by atoms with Gasteiger partial charge in [-0.1, -0.05) is 44.2 Å². The van der Waals surface area contributed by atoms with Gasteiger partial charge in [-0.25, -0.2) is 4.79 Å². The third kappa shape index (κ3) is 7.52. The Balaban J connectivity index is 1.84. The maximum atomic E-state index is 13.2.